The Kier molecular flexibility index (Phi) is 8.53. The smallest absolute Gasteiger partial charge is 0.336 e. The Morgan fingerprint density at radius 3 is 2.00 bits per heavy atom. The summed E-state index contributed by atoms with van der Waals surface area (Å²) in [7, 11) is 0. The molecule has 0 saturated heterocycles. The predicted molar refractivity (Wildman–Crippen MR) is 145 cm³/mol. The summed E-state index contributed by atoms with van der Waals surface area (Å²) < 4.78 is 11.6. The van der Waals surface area contributed by atoms with E-state index in [2.05, 4.69) is 5.32 Å². The summed E-state index contributed by atoms with van der Waals surface area (Å²) in [5.74, 6) is -2.81. The number of carbonyl (C=O) groups is 2. The maximum Gasteiger partial charge on any atom is 0.336 e. The van der Waals surface area contributed by atoms with Gasteiger partial charge in [-0.05, 0) is 66.0 Å². The lowest BCUT2D eigenvalue weighted by Crippen LogP contribution is -2.52. The molecule has 2 N–H and O–H groups in total. The van der Waals surface area contributed by atoms with Gasteiger partial charge in [-0.1, -0.05) is 60.7 Å². The summed E-state index contributed by atoms with van der Waals surface area (Å²) in [6.07, 6.45) is 0.823. The third-order valence-electron chi connectivity index (χ3n) is 6.21. The van der Waals surface area contributed by atoms with E-state index in [1.165, 1.54) is 0 Å². The number of esters is 2. The normalized spacial score (nSPS) is 22.4. The molecule has 0 fully saturated rings. The molecular weight excluding hydrogens is 466 g/mol. The van der Waals surface area contributed by atoms with Gasteiger partial charge in [0.05, 0.1) is 17.1 Å². The van der Waals surface area contributed by atoms with E-state index in [9.17, 15) is 14.7 Å². The Bertz CT molecular complexity index is 1110. The lowest BCUT2D eigenvalue weighted by Gasteiger charge is -2.44. The molecule has 0 heterocycles. The zero-order valence-electron chi connectivity index (χ0n) is 23.1. The predicted octanol–water partition coefficient (Wildman–Crippen LogP) is 5.31. The number of nitrogens with one attached hydrogen (secondary N) is 1. The van der Waals surface area contributed by atoms with E-state index < -0.39 is 40.6 Å². The van der Waals surface area contributed by atoms with Crippen molar-refractivity contribution in [1.29, 1.82) is 0 Å². The highest BCUT2D eigenvalue weighted by Gasteiger charge is 2.53. The highest BCUT2D eigenvalue weighted by molar-refractivity contribution is 5.94. The molecule has 3 rings (SSSR count). The molecule has 0 spiro atoms. The fourth-order valence-corrected chi connectivity index (χ4v) is 4.79. The van der Waals surface area contributed by atoms with Gasteiger partial charge in [-0.2, -0.15) is 0 Å². The van der Waals surface area contributed by atoms with Gasteiger partial charge in [-0.15, -0.1) is 0 Å². The van der Waals surface area contributed by atoms with Crippen LogP contribution in [0.15, 0.2) is 71.9 Å². The highest BCUT2D eigenvalue weighted by Crippen LogP contribution is 2.48. The first-order valence-corrected chi connectivity index (χ1v) is 12.9. The standard InChI is InChI=1S/C31H41NO5/c1-29(2,3)36-27(33)25-23(32-19-18-21-14-10-8-11-15-21)20-31(7,35)26(28(34)37-30(4,5)6)24(25)22-16-12-9-13-17-22/h8-17,24,26,32,35H,18-20H2,1-7H3. The van der Waals surface area contributed by atoms with Crippen molar-refractivity contribution in [3.63, 3.8) is 0 Å². The fraction of sp³-hybridized carbons (Fsp3) is 0.484. The van der Waals surface area contributed by atoms with Crippen molar-refractivity contribution < 1.29 is 24.2 Å². The van der Waals surface area contributed by atoms with Crippen LogP contribution in [0.25, 0.3) is 0 Å². The first kappa shape index (κ1) is 28.5. The van der Waals surface area contributed by atoms with Crippen molar-refractivity contribution in [2.45, 2.75) is 84.0 Å². The van der Waals surface area contributed by atoms with Crippen LogP contribution in [-0.2, 0) is 25.5 Å². The molecule has 200 valence electrons. The summed E-state index contributed by atoms with van der Waals surface area (Å²) in [5.41, 5.74) is -0.117. The zero-order chi connectivity index (χ0) is 27.4. The van der Waals surface area contributed by atoms with Crippen molar-refractivity contribution in [2.24, 2.45) is 5.92 Å². The first-order valence-electron chi connectivity index (χ1n) is 12.9. The molecule has 6 nitrogen and oxygen atoms in total. The fourth-order valence-electron chi connectivity index (χ4n) is 4.79. The van der Waals surface area contributed by atoms with Gasteiger partial charge in [0.2, 0.25) is 0 Å². The van der Waals surface area contributed by atoms with Crippen LogP contribution in [0.5, 0.6) is 0 Å². The van der Waals surface area contributed by atoms with Gasteiger partial charge in [0.1, 0.15) is 11.2 Å². The van der Waals surface area contributed by atoms with Gasteiger partial charge in [-0.3, -0.25) is 4.79 Å². The lowest BCUT2D eigenvalue weighted by molar-refractivity contribution is -0.171. The number of benzene rings is 2. The van der Waals surface area contributed by atoms with Gasteiger partial charge in [0.15, 0.2) is 0 Å². The van der Waals surface area contributed by atoms with E-state index in [1.807, 2.05) is 81.4 Å². The van der Waals surface area contributed by atoms with E-state index in [1.54, 1.807) is 27.7 Å². The van der Waals surface area contributed by atoms with Crippen LogP contribution >= 0.6 is 0 Å². The molecule has 2 aromatic rings. The van der Waals surface area contributed by atoms with E-state index in [-0.39, 0.29) is 6.42 Å². The number of rotatable bonds is 7. The molecular formula is C31H41NO5. The van der Waals surface area contributed by atoms with E-state index >= 15 is 0 Å². The maximum atomic E-state index is 13.8. The topological polar surface area (TPSA) is 84.9 Å². The molecule has 0 aromatic heterocycles. The lowest BCUT2D eigenvalue weighted by atomic mass is 9.65. The van der Waals surface area contributed by atoms with Crippen molar-refractivity contribution in [3.05, 3.63) is 83.1 Å². The number of hydrogen-bond donors (Lipinski definition) is 2. The number of carbonyl (C=O) groups excluding carboxylic acids is 2. The minimum absolute atomic E-state index is 0.0869. The average molecular weight is 508 g/mol. The molecule has 0 bridgehead atoms. The summed E-state index contributed by atoms with van der Waals surface area (Å²) in [6, 6.07) is 19.4. The minimum atomic E-state index is -1.47. The minimum Gasteiger partial charge on any atom is -0.460 e. The Hall–Kier alpha value is -3.12. The van der Waals surface area contributed by atoms with Crippen molar-refractivity contribution in [2.75, 3.05) is 6.54 Å². The Balaban J connectivity index is 2.12. The summed E-state index contributed by atoms with van der Waals surface area (Å²) in [5, 5.41) is 15.1. The molecule has 2 aromatic carbocycles. The Morgan fingerprint density at radius 1 is 0.919 bits per heavy atom. The molecule has 1 aliphatic rings. The zero-order valence-corrected chi connectivity index (χ0v) is 23.1. The summed E-state index contributed by atoms with van der Waals surface area (Å²) in [6.45, 7) is 13.0. The number of hydrogen-bond acceptors (Lipinski definition) is 6. The summed E-state index contributed by atoms with van der Waals surface area (Å²) in [4.78, 5) is 27.3. The second-order valence-corrected chi connectivity index (χ2v) is 12.0. The van der Waals surface area contributed by atoms with Crippen molar-refractivity contribution in [1.82, 2.24) is 5.32 Å². The van der Waals surface area contributed by atoms with Crippen molar-refractivity contribution >= 4 is 11.9 Å². The van der Waals surface area contributed by atoms with Gasteiger partial charge < -0.3 is 19.9 Å². The van der Waals surface area contributed by atoms with E-state index in [4.69, 9.17) is 9.47 Å². The molecule has 1 aliphatic carbocycles. The second kappa shape index (κ2) is 11.1. The Labute approximate surface area is 221 Å². The molecule has 0 radical (unpaired) electrons. The van der Waals surface area contributed by atoms with Crippen LogP contribution in [0.1, 0.15) is 71.9 Å². The molecule has 0 aliphatic heterocycles. The molecule has 0 saturated carbocycles. The van der Waals surface area contributed by atoms with Crippen LogP contribution in [0.4, 0.5) is 0 Å². The monoisotopic (exact) mass is 507 g/mol. The van der Waals surface area contributed by atoms with Gasteiger partial charge in [0, 0.05) is 24.6 Å². The maximum absolute atomic E-state index is 13.8. The van der Waals surface area contributed by atoms with Crippen LogP contribution in [-0.4, -0.2) is 40.4 Å². The molecule has 0 amide bonds. The van der Waals surface area contributed by atoms with Crippen molar-refractivity contribution in [3.8, 4) is 0 Å². The van der Waals surface area contributed by atoms with Crippen LogP contribution in [0.2, 0.25) is 0 Å². The third kappa shape index (κ3) is 7.68. The summed E-state index contributed by atoms with van der Waals surface area (Å²) >= 11 is 0. The van der Waals surface area contributed by atoms with Gasteiger partial charge in [0.25, 0.3) is 0 Å². The Morgan fingerprint density at radius 2 is 1.46 bits per heavy atom. The van der Waals surface area contributed by atoms with Crippen LogP contribution in [0, 0.1) is 5.92 Å². The highest BCUT2D eigenvalue weighted by atomic mass is 16.6. The third-order valence-corrected chi connectivity index (χ3v) is 6.21. The molecule has 6 heteroatoms. The SMILES string of the molecule is CC(C)(C)OC(=O)C1=C(NCCc2ccccc2)CC(C)(O)C(C(=O)OC(C)(C)C)C1c1ccccc1. The molecule has 3 atom stereocenters. The van der Waals surface area contributed by atoms with E-state index in [0.29, 0.717) is 17.8 Å². The quantitative estimate of drug-likeness (QED) is 0.494. The first-order chi connectivity index (χ1) is 17.2. The van der Waals surface area contributed by atoms with Gasteiger partial charge >= 0.3 is 11.9 Å². The molecule has 3 unspecified atom stereocenters. The second-order valence-electron chi connectivity index (χ2n) is 12.0. The van der Waals surface area contributed by atoms with E-state index in [0.717, 1.165) is 17.5 Å². The number of ether oxygens (including phenoxy) is 2. The van der Waals surface area contributed by atoms with Crippen LogP contribution < -0.4 is 5.32 Å². The average Bonchev–Trinajstić information content (AvgIpc) is 2.76. The van der Waals surface area contributed by atoms with Gasteiger partial charge in [-0.25, -0.2) is 4.79 Å². The van der Waals surface area contributed by atoms with Crippen LogP contribution in [0.3, 0.4) is 0 Å². The number of aliphatic hydroxyl groups is 1. The molecule has 37 heavy (non-hydrogen) atoms. The largest absolute Gasteiger partial charge is 0.460 e.